The summed E-state index contributed by atoms with van der Waals surface area (Å²) in [5.41, 5.74) is 6.27. The van der Waals surface area contributed by atoms with Crippen LogP contribution in [0.3, 0.4) is 0 Å². The molecule has 2 N–H and O–H groups in total. The van der Waals surface area contributed by atoms with Crippen molar-refractivity contribution in [3.05, 3.63) is 77.8 Å². The summed E-state index contributed by atoms with van der Waals surface area (Å²) < 4.78 is 53.3. The van der Waals surface area contributed by atoms with E-state index in [1.165, 1.54) is 4.90 Å². The monoisotopic (exact) mass is 517 g/mol. The number of halogens is 2. The number of benzene rings is 2. The molecule has 0 saturated carbocycles. The van der Waals surface area contributed by atoms with Crippen molar-refractivity contribution < 1.29 is 22.3 Å². The van der Waals surface area contributed by atoms with Gasteiger partial charge in [-0.3, -0.25) is 9.00 Å². The van der Waals surface area contributed by atoms with Crippen LogP contribution in [0.1, 0.15) is 44.6 Å². The zero-order valence-electron chi connectivity index (χ0n) is 20.6. The van der Waals surface area contributed by atoms with Crippen molar-refractivity contribution in [2.75, 3.05) is 18.8 Å². The summed E-state index contributed by atoms with van der Waals surface area (Å²) in [6.45, 7) is 6.63. The average Bonchev–Trinajstić information content (AvgIpc) is 3.20. The van der Waals surface area contributed by atoms with Gasteiger partial charge < -0.3 is 19.8 Å². The van der Waals surface area contributed by atoms with Crippen LogP contribution < -0.4 is 5.73 Å². The molecule has 0 radical (unpaired) electrons. The lowest BCUT2D eigenvalue weighted by Gasteiger charge is -2.40. The van der Waals surface area contributed by atoms with E-state index in [1.807, 2.05) is 55.7 Å². The molecule has 2 atom stereocenters. The minimum atomic E-state index is -2.58. The molecule has 0 bridgehead atoms. The maximum atomic E-state index is 14.7. The van der Waals surface area contributed by atoms with E-state index in [0.717, 1.165) is 23.8 Å². The molecule has 1 aromatic heterocycles. The molecule has 0 spiro atoms. The van der Waals surface area contributed by atoms with E-state index >= 15 is 0 Å². The minimum Gasteiger partial charge on any atom is -0.772 e. The van der Waals surface area contributed by atoms with Gasteiger partial charge in [-0.1, -0.05) is 51.1 Å². The fraction of sp³-hybridized carbons (Fsp3) is 0.385. The molecule has 36 heavy (non-hydrogen) atoms. The smallest absolute Gasteiger partial charge is 0.234 e. The molecular weight excluding hydrogens is 486 g/mol. The number of aromatic nitrogens is 2. The highest BCUT2D eigenvalue weighted by Crippen LogP contribution is 2.39. The van der Waals surface area contributed by atoms with Crippen LogP contribution in [-0.4, -0.2) is 48.0 Å². The molecule has 0 aliphatic rings. The largest absolute Gasteiger partial charge is 0.772 e. The van der Waals surface area contributed by atoms with Crippen molar-refractivity contribution in [3.8, 4) is 11.3 Å². The number of nitrogens with zero attached hydrogens (tertiary/aromatic N) is 3. The maximum absolute atomic E-state index is 14.7. The summed E-state index contributed by atoms with van der Waals surface area (Å²) in [5, 5.41) is 0. The molecule has 3 aromatic rings. The molecule has 1 unspecified atom stereocenters. The van der Waals surface area contributed by atoms with Gasteiger partial charge in [-0.15, -0.1) is 0 Å². The van der Waals surface area contributed by atoms with Gasteiger partial charge in [0.2, 0.25) is 5.91 Å². The molecule has 10 heteroatoms. The summed E-state index contributed by atoms with van der Waals surface area (Å²) in [4.78, 5) is 19.3. The van der Waals surface area contributed by atoms with Crippen molar-refractivity contribution in [1.82, 2.24) is 14.5 Å². The van der Waals surface area contributed by atoms with Crippen LogP contribution in [0, 0.1) is 17.0 Å². The molecule has 3 rings (SSSR count). The molecule has 1 heterocycles. The standard InChI is InChI=1S/C26H32F2N4O3S/c1-26(2,3)24(32(13-7-12-29)23(33)17-36(34)35)25-30-22(20-14-19(27)10-11-21(20)28)16-31(25)15-18-8-5-4-6-9-18/h4-6,8-11,14,16,24H,7,12-13,15,17,29H2,1-3H3,(H,34,35)/p-1/t24-/m0/s1. The number of carbonyl (C=O) groups excluding carboxylic acids is 1. The molecule has 194 valence electrons. The van der Waals surface area contributed by atoms with Gasteiger partial charge >= 0.3 is 0 Å². The Morgan fingerprint density at radius 2 is 1.89 bits per heavy atom. The van der Waals surface area contributed by atoms with Gasteiger partial charge in [-0.2, -0.15) is 0 Å². The van der Waals surface area contributed by atoms with Crippen molar-refractivity contribution in [2.45, 2.75) is 39.8 Å². The highest BCUT2D eigenvalue weighted by molar-refractivity contribution is 7.79. The van der Waals surface area contributed by atoms with Crippen LogP contribution in [-0.2, 0) is 22.4 Å². The van der Waals surface area contributed by atoms with E-state index < -0.39 is 45.8 Å². The number of imidazole rings is 1. The first-order valence-corrected chi connectivity index (χ1v) is 12.9. The Morgan fingerprint density at radius 3 is 2.50 bits per heavy atom. The molecule has 0 fully saturated rings. The van der Waals surface area contributed by atoms with E-state index in [0.29, 0.717) is 25.3 Å². The Labute approximate surface area is 212 Å². The molecule has 2 aromatic carbocycles. The lowest BCUT2D eigenvalue weighted by molar-refractivity contribution is -0.133. The molecular formula is C26H31F2N4O3S-. The van der Waals surface area contributed by atoms with Gasteiger partial charge in [-0.05, 0) is 53.2 Å². The summed E-state index contributed by atoms with van der Waals surface area (Å²) >= 11 is -2.58. The van der Waals surface area contributed by atoms with Crippen molar-refractivity contribution in [3.63, 3.8) is 0 Å². The number of nitrogens with two attached hydrogens (primary N) is 1. The number of hydrogen-bond donors (Lipinski definition) is 1. The first-order valence-electron chi connectivity index (χ1n) is 11.6. The number of hydrogen-bond acceptors (Lipinski definition) is 5. The summed E-state index contributed by atoms with van der Waals surface area (Å²) in [5.74, 6) is -2.05. The van der Waals surface area contributed by atoms with Gasteiger partial charge in [0, 0.05) is 24.8 Å². The Kier molecular flexibility index (Phi) is 9.10. The maximum Gasteiger partial charge on any atom is 0.234 e. The Morgan fingerprint density at radius 1 is 1.19 bits per heavy atom. The van der Waals surface area contributed by atoms with Crippen LogP contribution in [0.2, 0.25) is 0 Å². The molecule has 7 nitrogen and oxygen atoms in total. The van der Waals surface area contributed by atoms with Gasteiger partial charge in [-0.25, -0.2) is 13.8 Å². The molecule has 0 aliphatic heterocycles. The van der Waals surface area contributed by atoms with Crippen LogP contribution in [0.5, 0.6) is 0 Å². The summed E-state index contributed by atoms with van der Waals surface area (Å²) in [6.07, 6.45) is 2.09. The van der Waals surface area contributed by atoms with Crippen molar-refractivity contribution in [2.24, 2.45) is 11.1 Å². The van der Waals surface area contributed by atoms with Crippen LogP contribution in [0.4, 0.5) is 8.78 Å². The minimum absolute atomic E-state index is 0.00350. The van der Waals surface area contributed by atoms with Crippen molar-refractivity contribution in [1.29, 1.82) is 0 Å². The topological polar surface area (TPSA) is 104 Å². The summed E-state index contributed by atoms with van der Waals surface area (Å²) in [6, 6.07) is 12.0. The average molecular weight is 518 g/mol. The Balaban J connectivity index is 2.21. The molecule has 0 saturated heterocycles. The third kappa shape index (κ3) is 6.83. The van der Waals surface area contributed by atoms with Gasteiger partial charge in [0.15, 0.2) is 0 Å². The number of carbonyl (C=O) groups is 1. The number of rotatable bonds is 10. The van der Waals surface area contributed by atoms with Crippen LogP contribution in [0.15, 0.2) is 54.7 Å². The van der Waals surface area contributed by atoms with Crippen LogP contribution in [0.25, 0.3) is 11.3 Å². The first-order chi connectivity index (χ1) is 17.0. The molecule has 1 amide bonds. The highest BCUT2D eigenvalue weighted by Gasteiger charge is 2.38. The lowest BCUT2D eigenvalue weighted by atomic mass is 9.84. The van der Waals surface area contributed by atoms with Gasteiger partial charge in [0.1, 0.15) is 17.5 Å². The molecule has 0 aliphatic carbocycles. The number of amides is 1. The predicted octanol–water partition coefficient (Wildman–Crippen LogP) is 4.02. The zero-order chi connectivity index (χ0) is 26.5. The Bertz CT molecular complexity index is 1210. The summed E-state index contributed by atoms with van der Waals surface area (Å²) in [7, 11) is 0. The first kappa shape index (κ1) is 27.6. The van der Waals surface area contributed by atoms with Crippen LogP contribution >= 0.6 is 0 Å². The van der Waals surface area contributed by atoms with E-state index in [1.54, 1.807) is 6.20 Å². The van der Waals surface area contributed by atoms with E-state index in [2.05, 4.69) is 0 Å². The van der Waals surface area contributed by atoms with Crippen molar-refractivity contribution >= 4 is 17.0 Å². The predicted molar refractivity (Wildman–Crippen MR) is 134 cm³/mol. The van der Waals surface area contributed by atoms with E-state index in [4.69, 9.17) is 10.7 Å². The zero-order valence-corrected chi connectivity index (χ0v) is 21.4. The third-order valence-corrected chi connectivity index (χ3v) is 6.23. The second kappa shape index (κ2) is 11.9. The van der Waals surface area contributed by atoms with E-state index in [9.17, 15) is 22.3 Å². The van der Waals surface area contributed by atoms with Gasteiger partial charge in [0.25, 0.3) is 0 Å². The second-order valence-electron chi connectivity index (χ2n) is 9.67. The fourth-order valence-corrected chi connectivity index (χ4v) is 4.58. The fourth-order valence-electron chi connectivity index (χ4n) is 4.22. The Hall–Kier alpha value is -2.95. The SMILES string of the molecule is CC(C)(C)[C@H](c1nc(-c2cc(F)ccc2F)cn1Cc1ccccc1)N(CCCN)C(=O)CS(=O)[O-]. The lowest BCUT2D eigenvalue weighted by Crippen LogP contribution is -2.45. The van der Waals surface area contributed by atoms with E-state index in [-0.39, 0.29) is 17.8 Å². The highest BCUT2D eigenvalue weighted by atomic mass is 32.2. The third-order valence-electron chi connectivity index (χ3n) is 5.75. The second-order valence-corrected chi connectivity index (χ2v) is 10.6. The normalized spacial score (nSPS) is 13.4. The van der Waals surface area contributed by atoms with Gasteiger partial charge in [0.05, 0.1) is 17.5 Å². The quantitative estimate of drug-likeness (QED) is 0.409.